The van der Waals surface area contributed by atoms with Gasteiger partial charge in [-0.2, -0.15) is 0 Å². The van der Waals surface area contributed by atoms with Crippen LogP contribution in [-0.2, 0) is 15.1 Å². The van der Waals surface area contributed by atoms with Crippen LogP contribution in [0.15, 0.2) is 35.3 Å². The topological polar surface area (TPSA) is 41.9 Å². The number of esters is 1. The minimum absolute atomic E-state index is 0.309. The van der Waals surface area contributed by atoms with Gasteiger partial charge in [-0.15, -0.1) is 0 Å². The van der Waals surface area contributed by atoms with Crippen LogP contribution < -0.4 is 0 Å². The van der Waals surface area contributed by atoms with Gasteiger partial charge < -0.3 is 9.64 Å². The molecule has 1 aromatic rings. The Morgan fingerprint density at radius 3 is 2.56 bits per heavy atom. The van der Waals surface area contributed by atoms with Crippen molar-refractivity contribution in [2.24, 2.45) is 4.99 Å². The largest absolute Gasteiger partial charge is 0.467 e. The molecule has 1 aromatic carbocycles. The predicted octanol–water partition coefficient (Wildman–Crippen LogP) is 1.81. The van der Waals surface area contributed by atoms with E-state index in [9.17, 15) is 4.79 Å². The molecule has 0 spiro atoms. The van der Waals surface area contributed by atoms with Crippen molar-refractivity contribution in [3.63, 3.8) is 0 Å². The first-order valence-electron chi connectivity index (χ1n) is 6.05. The molecule has 1 aliphatic rings. The number of hydrogen-bond donors (Lipinski definition) is 0. The molecule has 0 saturated carbocycles. The highest BCUT2D eigenvalue weighted by atomic mass is 16.5. The van der Waals surface area contributed by atoms with Crippen molar-refractivity contribution in [1.82, 2.24) is 4.90 Å². The third-order valence-electron chi connectivity index (χ3n) is 3.28. The summed E-state index contributed by atoms with van der Waals surface area (Å²) in [5, 5.41) is 0. The van der Waals surface area contributed by atoms with Crippen molar-refractivity contribution in [3.8, 4) is 0 Å². The molecular formula is C14H18N2O2. The summed E-state index contributed by atoms with van der Waals surface area (Å²) in [7, 11) is 1.40. The number of nitrogens with zero attached hydrogens (tertiary/aromatic N) is 2. The Kier molecular flexibility index (Phi) is 3.36. The lowest BCUT2D eigenvalue weighted by Crippen LogP contribution is -2.42. The first kappa shape index (κ1) is 12.6. The van der Waals surface area contributed by atoms with Gasteiger partial charge in [0, 0.05) is 6.04 Å². The Labute approximate surface area is 107 Å². The van der Waals surface area contributed by atoms with Gasteiger partial charge in [-0.05, 0) is 19.4 Å². The molecule has 1 heterocycles. The van der Waals surface area contributed by atoms with Crippen molar-refractivity contribution < 1.29 is 9.53 Å². The lowest BCUT2D eigenvalue weighted by atomic mass is 9.90. The zero-order valence-electron chi connectivity index (χ0n) is 11.0. The Morgan fingerprint density at radius 1 is 1.39 bits per heavy atom. The van der Waals surface area contributed by atoms with Crippen LogP contribution in [0.25, 0.3) is 0 Å². The van der Waals surface area contributed by atoms with Crippen molar-refractivity contribution in [3.05, 3.63) is 35.9 Å². The van der Waals surface area contributed by atoms with Gasteiger partial charge in [0.25, 0.3) is 0 Å². The summed E-state index contributed by atoms with van der Waals surface area (Å²) in [5.74, 6) is -0.312. The summed E-state index contributed by atoms with van der Waals surface area (Å²) in [4.78, 5) is 18.6. The maximum Gasteiger partial charge on any atom is 0.340 e. The van der Waals surface area contributed by atoms with E-state index in [1.807, 2.05) is 35.2 Å². The van der Waals surface area contributed by atoms with E-state index in [0.29, 0.717) is 12.6 Å². The molecule has 2 rings (SSSR count). The van der Waals surface area contributed by atoms with E-state index in [1.54, 1.807) is 6.34 Å². The average molecular weight is 246 g/mol. The lowest BCUT2D eigenvalue weighted by Gasteiger charge is -2.27. The Morgan fingerprint density at radius 2 is 2.06 bits per heavy atom. The molecule has 0 amide bonds. The zero-order chi connectivity index (χ0) is 13.2. The van der Waals surface area contributed by atoms with E-state index in [4.69, 9.17) is 4.74 Å². The minimum Gasteiger partial charge on any atom is -0.467 e. The van der Waals surface area contributed by atoms with Crippen LogP contribution in [0, 0.1) is 0 Å². The Balaban J connectivity index is 2.40. The van der Waals surface area contributed by atoms with Gasteiger partial charge in [0.2, 0.25) is 5.54 Å². The van der Waals surface area contributed by atoms with Gasteiger partial charge in [0.1, 0.15) is 0 Å². The fourth-order valence-electron chi connectivity index (χ4n) is 2.12. The second kappa shape index (κ2) is 4.80. The molecule has 4 nitrogen and oxygen atoms in total. The first-order chi connectivity index (χ1) is 8.60. The van der Waals surface area contributed by atoms with Gasteiger partial charge in [0.05, 0.1) is 20.0 Å². The highest BCUT2D eigenvalue weighted by Gasteiger charge is 2.45. The SMILES string of the molecule is COC(=O)[C@@]1(c2ccccc2)CN(C(C)C)C=N1. The van der Waals surface area contributed by atoms with Crippen molar-refractivity contribution >= 4 is 12.3 Å². The molecule has 0 aliphatic carbocycles. The minimum atomic E-state index is -0.916. The van der Waals surface area contributed by atoms with Crippen molar-refractivity contribution in [2.45, 2.75) is 25.4 Å². The second-order valence-electron chi connectivity index (χ2n) is 4.73. The molecule has 0 radical (unpaired) electrons. The van der Waals surface area contributed by atoms with Gasteiger partial charge in [-0.3, -0.25) is 4.99 Å². The van der Waals surface area contributed by atoms with Crippen LogP contribution in [-0.4, -0.2) is 36.9 Å². The fraction of sp³-hybridized carbons (Fsp3) is 0.429. The molecule has 1 atom stereocenters. The summed E-state index contributed by atoms with van der Waals surface area (Å²) in [6.07, 6.45) is 1.74. The smallest absolute Gasteiger partial charge is 0.340 e. The molecule has 18 heavy (non-hydrogen) atoms. The molecule has 4 heteroatoms. The summed E-state index contributed by atoms with van der Waals surface area (Å²) in [5.41, 5.74) is -0.0449. The maximum atomic E-state index is 12.1. The fourth-order valence-corrected chi connectivity index (χ4v) is 2.12. The number of methoxy groups -OCH3 is 1. The molecule has 96 valence electrons. The van der Waals surface area contributed by atoms with Gasteiger partial charge >= 0.3 is 5.97 Å². The second-order valence-corrected chi connectivity index (χ2v) is 4.73. The summed E-state index contributed by atoms with van der Waals surface area (Å²) in [6, 6.07) is 9.88. The van der Waals surface area contributed by atoms with Crippen LogP contribution in [0.1, 0.15) is 19.4 Å². The summed E-state index contributed by atoms with van der Waals surface area (Å²) >= 11 is 0. The summed E-state index contributed by atoms with van der Waals surface area (Å²) in [6.45, 7) is 4.68. The Hall–Kier alpha value is -1.84. The van der Waals surface area contributed by atoms with E-state index in [2.05, 4.69) is 18.8 Å². The molecule has 0 bridgehead atoms. The van der Waals surface area contributed by atoms with E-state index >= 15 is 0 Å². The van der Waals surface area contributed by atoms with Crippen molar-refractivity contribution in [1.29, 1.82) is 0 Å². The van der Waals surface area contributed by atoms with Crippen LogP contribution in [0.5, 0.6) is 0 Å². The van der Waals surface area contributed by atoms with Gasteiger partial charge in [-0.1, -0.05) is 30.3 Å². The quantitative estimate of drug-likeness (QED) is 0.764. The average Bonchev–Trinajstić information content (AvgIpc) is 2.85. The summed E-state index contributed by atoms with van der Waals surface area (Å²) < 4.78 is 4.94. The molecule has 0 fully saturated rings. The third-order valence-corrected chi connectivity index (χ3v) is 3.28. The standard InChI is InChI=1S/C14H18N2O2/c1-11(2)16-9-14(15-10-16,13(17)18-3)12-7-5-4-6-8-12/h4-8,10-11H,9H2,1-3H3/t14-/m0/s1. The van der Waals surface area contributed by atoms with Gasteiger partial charge in [-0.25, -0.2) is 4.79 Å². The maximum absolute atomic E-state index is 12.1. The predicted molar refractivity (Wildman–Crippen MR) is 70.5 cm³/mol. The number of aliphatic imine (C=N–C) groups is 1. The van der Waals surface area contributed by atoms with Gasteiger partial charge in [0.15, 0.2) is 0 Å². The van der Waals surface area contributed by atoms with E-state index < -0.39 is 5.54 Å². The van der Waals surface area contributed by atoms with E-state index in [0.717, 1.165) is 5.56 Å². The zero-order valence-corrected chi connectivity index (χ0v) is 11.0. The molecule has 0 saturated heterocycles. The lowest BCUT2D eigenvalue weighted by molar-refractivity contribution is -0.147. The van der Waals surface area contributed by atoms with Crippen LogP contribution in [0.4, 0.5) is 0 Å². The molecule has 1 aliphatic heterocycles. The van der Waals surface area contributed by atoms with E-state index in [-0.39, 0.29) is 5.97 Å². The van der Waals surface area contributed by atoms with Crippen LogP contribution >= 0.6 is 0 Å². The number of benzene rings is 1. The normalized spacial score (nSPS) is 22.6. The number of rotatable bonds is 3. The number of ether oxygens (including phenoxy) is 1. The number of carbonyl (C=O) groups excluding carboxylic acids is 1. The number of hydrogen-bond acceptors (Lipinski definition) is 4. The Bertz CT molecular complexity index is 456. The molecule has 0 aromatic heterocycles. The van der Waals surface area contributed by atoms with Crippen LogP contribution in [0.3, 0.4) is 0 Å². The van der Waals surface area contributed by atoms with Crippen LogP contribution in [0.2, 0.25) is 0 Å². The highest BCUT2D eigenvalue weighted by Crippen LogP contribution is 2.32. The first-order valence-corrected chi connectivity index (χ1v) is 6.05. The third kappa shape index (κ3) is 1.98. The highest BCUT2D eigenvalue weighted by molar-refractivity contribution is 5.87. The number of carbonyl (C=O) groups is 1. The molecule has 0 unspecified atom stereocenters. The van der Waals surface area contributed by atoms with Crippen molar-refractivity contribution in [2.75, 3.05) is 13.7 Å². The molecule has 0 N–H and O–H groups in total. The van der Waals surface area contributed by atoms with E-state index in [1.165, 1.54) is 7.11 Å². The molecular weight excluding hydrogens is 228 g/mol. The monoisotopic (exact) mass is 246 g/mol.